The van der Waals surface area contributed by atoms with Crippen LogP contribution in [-0.4, -0.2) is 33.6 Å². The van der Waals surface area contributed by atoms with Crippen LogP contribution in [0.3, 0.4) is 0 Å². The van der Waals surface area contributed by atoms with Crippen molar-refractivity contribution < 1.29 is 0 Å². The van der Waals surface area contributed by atoms with E-state index in [0.717, 1.165) is 30.7 Å². The minimum atomic E-state index is 0.395. The summed E-state index contributed by atoms with van der Waals surface area (Å²) >= 11 is 0. The van der Waals surface area contributed by atoms with Gasteiger partial charge in [-0.2, -0.15) is 0 Å². The first kappa shape index (κ1) is 10.3. The lowest BCUT2D eigenvalue weighted by molar-refractivity contribution is 0.281. The highest BCUT2D eigenvalue weighted by Gasteiger charge is 2.33. The molecule has 1 aromatic rings. The SMILES string of the molecule is CCc1nc2c3n1CCN1CCCC(NC=2N)C=31. The Labute approximate surface area is 106 Å². The molecule has 4 rings (SSSR count). The fourth-order valence-corrected chi connectivity index (χ4v) is 3.59. The van der Waals surface area contributed by atoms with E-state index in [1.165, 1.54) is 36.3 Å². The van der Waals surface area contributed by atoms with Crippen LogP contribution >= 0.6 is 0 Å². The molecule has 1 aromatic heterocycles. The number of hydrogen-bond donors (Lipinski definition) is 2. The first-order valence-electron chi connectivity index (χ1n) is 6.90. The normalized spacial score (nSPS) is 24.9. The average molecular weight is 245 g/mol. The van der Waals surface area contributed by atoms with E-state index in [9.17, 15) is 0 Å². The van der Waals surface area contributed by atoms with Crippen LogP contribution in [0.15, 0.2) is 0 Å². The third kappa shape index (κ3) is 1.14. The molecule has 96 valence electrons. The summed E-state index contributed by atoms with van der Waals surface area (Å²) in [5, 5.41) is 5.71. The Balaban J connectivity index is 2.12. The number of imidazole rings is 1. The van der Waals surface area contributed by atoms with E-state index in [0.29, 0.717) is 6.04 Å². The average Bonchev–Trinajstić information content (AvgIpc) is 2.77. The molecule has 3 aliphatic heterocycles. The summed E-state index contributed by atoms with van der Waals surface area (Å²) < 4.78 is 2.38. The summed E-state index contributed by atoms with van der Waals surface area (Å²) in [5.74, 6) is 1.93. The maximum Gasteiger partial charge on any atom is 0.130 e. The lowest BCUT2D eigenvalue weighted by Crippen LogP contribution is -2.59. The molecule has 0 radical (unpaired) electrons. The lowest BCUT2D eigenvalue weighted by Gasteiger charge is -2.41. The number of rotatable bonds is 1. The fourth-order valence-electron chi connectivity index (χ4n) is 3.59. The van der Waals surface area contributed by atoms with Gasteiger partial charge in [-0.3, -0.25) is 0 Å². The van der Waals surface area contributed by atoms with Gasteiger partial charge in [-0.1, -0.05) is 6.92 Å². The van der Waals surface area contributed by atoms with E-state index in [2.05, 4.69) is 21.7 Å². The number of aromatic nitrogens is 2. The molecule has 5 nitrogen and oxygen atoms in total. The van der Waals surface area contributed by atoms with Crippen LogP contribution in [0.25, 0.3) is 11.5 Å². The van der Waals surface area contributed by atoms with Crippen molar-refractivity contribution in [1.82, 2.24) is 19.8 Å². The molecule has 1 unspecified atom stereocenters. The molecule has 1 saturated heterocycles. The van der Waals surface area contributed by atoms with Crippen LogP contribution < -0.4 is 21.7 Å². The summed E-state index contributed by atoms with van der Waals surface area (Å²) in [4.78, 5) is 7.25. The molecule has 0 aromatic carbocycles. The number of aryl methyl sites for hydroxylation is 1. The predicted molar refractivity (Wildman–Crippen MR) is 69.6 cm³/mol. The topological polar surface area (TPSA) is 59.1 Å². The summed E-state index contributed by atoms with van der Waals surface area (Å²) in [7, 11) is 0. The Bertz CT molecular complexity index is 627. The largest absolute Gasteiger partial charge is 0.384 e. The van der Waals surface area contributed by atoms with Crippen molar-refractivity contribution in [1.29, 1.82) is 0 Å². The van der Waals surface area contributed by atoms with Gasteiger partial charge in [0.1, 0.15) is 17.0 Å². The molecule has 3 aliphatic rings. The van der Waals surface area contributed by atoms with Crippen molar-refractivity contribution in [2.75, 3.05) is 13.1 Å². The van der Waals surface area contributed by atoms with Crippen LogP contribution in [0.1, 0.15) is 25.6 Å². The van der Waals surface area contributed by atoms with E-state index >= 15 is 0 Å². The lowest BCUT2D eigenvalue weighted by atomic mass is 9.98. The molecule has 4 heterocycles. The Kier molecular flexibility index (Phi) is 1.96. The van der Waals surface area contributed by atoms with Crippen molar-refractivity contribution in [3.63, 3.8) is 0 Å². The van der Waals surface area contributed by atoms with Crippen molar-refractivity contribution in [2.45, 2.75) is 38.8 Å². The molecule has 0 amide bonds. The van der Waals surface area contributed by atoms with Gasteiger partial charge in [0.25, 0.3) is 0 Å². The second kappa shape index (κ2) is 3.43. The molecular formula is C13H19N5. The van der Waals surface area contributed by atoms with Crippen molar-refractivity contribution in [3.8, 4) is 0 Å². The van der Waals surface area contributed by atoms with Crippen molar-refractivity contribution >= 4 is 11.5 Å². The zero-order valence-electron chi connectivity index (χ0n) is 10.7. The molecular weight excluding hydrogens is 226 g/mol. The molecule has 5 heteroatoms. The van der Waals surface area contributed by atoms with Crippen LogP contribution in [0, 0.1) is 0 Å². The third-order valence-corrected chi connectivity index (χ3v) is 4.38. The van der Waals surface area contributed by atoms with Gasteiger partial charge in [-0.25, -0.2) is 4.98 Å². The number of hydrogen-bond acceptors (Lipinski definition) is 4. The van der Waals surface area contributed by atoms with Gasteiger partial charge in [0.2, 0.25) is 0 Å². The second-order valence-corrected chi connectivity index (χ2v) is 5.36. The highest BCUT2D eigenvalue weighted by atomic mass is 15.3. The minimum Gasteiger partial charge on any atom is -0.384 e. The number of nitrogens with zero attached hydrogens (tertiary/aromatic N) is 3. The van der Waals surface area contributed by atoms with Gasteiger partial charge in [0.05, 0.1) is 17.1 Å². The van der Waals surface area contributed by atoms with E-state index in [4.69, 9.17) is 10.7 Å². The summed E-state index contributed by atoms with van der Waals surface area (Å²) in [5.41, 5.74) is 7.59. The first-order valence-corrected chi connectivity index (χ1v) is 6.90. The van der Waals surface area contributed by atoms with Crippen molar-refractivity contribution in [3.05, 3.63) is 16.5 Å². The molecule has 1 fully saturated rings. The third-order valence-electron chi connectivity index (χ3n) is 4.38. The molecule has 1 atom stereocenters. The van der Waals surface area contributed by atoms with E-state index in [1.807, 2.05) is 0 Å². The van der Waals surface area contributed by atoms with Crippen LogP contribution in [0.4, 0.5) is 0 Å². The standard InChI is InChI=1S/C13H19N5/c1-2-9-16-10-12-11-8(15-13(10)14)4-3-5-17(11)6-7-18(9)12/h8,15H,2-7,14H2,1H3. The number of nitrogens with two attached hydrogens (primary N) is 1. The fraction of sp³-hybridized carbons (Fsp3) is 0.615. The van der Waals surface area contributed by atoms with Gasteiger partial charge >= 0.3 is 0 Å². The van der Waals surface area contributed by atoms with Crippen molar-refractivity contribution in [2.24, 2.45) is 5.73 Å². The molecule has 3 N–H and O–H groups in total. The maximum atomic E-state index is 6.16. The molecule has 0 aliphatic carbocycles. The highest BCUT2D eigenvalue weighted by Crippen LogP contribution is 2.24. The number of piperidine rings is 1. The van der Waals surface area contributed by atoms with Crippen LogP contribution in [0.2, 0.25) is 0 Å². The Morgan fingerprint density at radius 1 is 1.39 bits per heavy atom. The maximum absolute atomic E-state index is 6.16. The predicted octanol–water partition coefficient (Wildman–Crippen LogP) is -1.34. The Morgan fingerprint density at radius 3 is 3.11 bits per heavy atom. The van der Waals surface area contributed by atoms with Crippen LogP contribution in [0.5, 0.6) is 0 Å². The molecule has 0 spiro atoms. The molecule has 18 heavy (non-hydrogen) atoms. The van der Waals surface area contributed by atoms with Gasteiger partial charge in [0, 0.05) is 26.1 Å². The second-order valence-electron chi connectivity index (χ2n) is 5.36. The van der Waals surface area contributed by atoms with Gasteiger partial charge in [-0.05, 0) is 12.8 Å². The van der Waals surface area contributed by atoms with E-state index in [1.54, 1.807) is 0 Å². The zero-order valence-corrected chi connectivity index (χ0v) is 10.7. The molecule has 0 saturated carbocycles. The Hall–Kier alpha value is -1.65. The molecule has 0 bridgehead atoms. The summed E-state index contributed by atoms with van der Waals surface area (Å²) in [6.45, 7) is 5.51. The zero-order chi connectivity index (χ0) is 12.3. The van der Waals surface area contributed by atoms with Gasteiger partial charge < -0.3 is 20.5 Å². The Morgan fingerprint density at radius 2 is 2.28 bits per heavy atom. The highest BCUT2D eigenvalue weighted by molar-refractivity contribution is 5.58. The monoisotopic (exact) mass is 245 g/mol. The smallest absolute Gasteiger partial charge is 0.130 e. The first-order chi connectivity index (χ1) is 8.79. The quantitative estimate of drug-likeness (QED) is 0.643. The summed E-state index contributed by atoms with van der Waals surface area (Å²) in [6, 6.07) is 0.395. The van der Waals surface area contributed by atoms with Crippen LogP contribution in [-0.2, 0) is 13.0 Å². The van der Waals surface area contributed by atoms with Gasteiger partial charge in [-0.15, -0.1) is 0 Å². The minimum absolute atomic E-state index is 0.395. The van der Waals surface area contributed by atoms with E-state index < -0.39 is 0 Å². The summed E-state index contributed by atoms with van der Waals surface area (Å²) in [6.07, 6.45) is 3.40. The van der Waals surface area contributed by atoms with E-state index in [-0.39, 0.29) is 0 Å². The van der Waals surface area contributed by atoms with Gasteiger partial charge in [0.15, 0.2) is 0 Å². The number of nitrogens with one attached hydrogen (secondary N) is 1.